The van der Waals surface area contributed by atoms with Gasteiger partial charge >= 0.3 is 0 Å². The summed E-state index contributed by atoms with van der Waals surface area (Å²) < 4.78 is 5.01. The van der Waals surface area contributed by atoms with Crippen molar-refractivity contribution in [1.29, 1.82) is 0 Å². The lowest BCUT2D eigenvalue weighted by Gasteiger charge is -2.32. The lowest BCUT2D eigenvalue weighted by Crippen LogP contribution is -2.44. The molecule has 0 radical (unpaired) electrons. The summed E-state index contributed by atoms with van der Waals surface area (Å²) in [6.07, 6.45) is 4.52. The Bertz CT molecular complexity index is 659. The Kier molecular flexibility index (Phi) is 5.31. The van der Waals surface area contributed by atoms with Crippen molar-refractivity contribution in [2.45, 2.75) is 19.3 Å². The Morgan fingerprint density at radius 2 is 1.83 bits per heavy atom. The summed E-state index contributed by atoms with van der Waals surface area (Å²) in [7, 11) is 0. The molecular formula is C19H22N2O3. The fourth-order valence-electron chi connectivity index (χ4n) is 3.10. The molecule has 1 N–H and O–H groups in total. The first-order valence-electron chi connectivity index (χ1n) is 8.36. The van der Waals surface area contributed by atoms with Gasteiger partial charge in [0, 0.05) is 13.1 Å². The van der Waals surface area contributed by atoms with Gasteiger partial charge in [-0.05, 0) is 42.9 Å². The minimum Gasteiger partial charge on any atom is -0.459 e. The van der Waals surface area contributed by atoms with Gasteiger partial charge in [0.1, 0.15) is 0 Å². The quantitative estimate of drug-likeness (QED) is 0.918. The molecule has 0 spiro atoms. The molecule has 3 rings (SSSR count). The molecule has 2 amide bonds. The van der Waals surface area contributed by atoms with Crippen molar-refractivity contribution in [2.75, 3.05) is 19.6 Å². The first kappa shape index (κ1) is 16.3. The van der Waals surface area contributed by atoms with Crippen LogP contribution in [0.25, 0.3) is 0 Å². The number of carbonyl (C=O) groups excluding carboxylic acids is 2. The monoisotopic (exact) mass is 326 g/mol. The average molecular weight is 326 g/mol. The second-order valence-corrected chi connectivity index (χ2v) is 6.17. The molecule has 5 nitrogen and oxygen atoms in total. The number of furan rings is 1. The summed E-state index contributed by atoms with van der Waals surface area (Å²) in [5.41, 5.74) is 1.35. The SMILES string of the molecule is O=C(NCC(=O)N1CCC(Cc2ccccc2)CC1)c1ccco1. The molecule has 24 heavy (non-hydrogen) atoms. The summed E-state index contributed by atoms with van der Waals surface area (Å²) in [4.78, 5) is 25.8. The summed E-state index contributed by atoms with van der Waals surface area (Å²) in [5.74, 6) is 0.457. The van der Waals surface area contributed by atoms with Crippen LogP contribution < -0.4 is 5.32 Å². The molecule has 1 fully saturated rings. The zero-order valence-electron chi connectivity index (χ0n) is 13.6. The van der Waals surface area contributed by atoms with Gasteiger partial charge in [0.05, 0.1) is 12.8 Å². The predicted octanol–water partition coefficient (Wildman–Crippen LogP) is 2.49. The highest BCUT2D eigenvalue weighted by atomic mass is 16.3. The molecule has 0 saturated carbocycles. The molecule has 1 aromatic carbocycles. The van der Waals surface area contributed by atoms with Gasteiger partial charge in [-0.3, -0.25) is 9.59 Å². The standard InChI is InChI=1S/C19H22N2O3/c22-18(14-20-19(23)17-7-4-12-24-17)21-10-8-16(9-11-21)13-15-5-2-1-3-6-15/h1-7,12,16H,8-11,13-14H2,(H,20,23). The Morgan fingerprint density at radius 1 is 1.08 bits per heavy atom. The van der Waals surface area contributed by atoms with Crippen LogP contribution in [0.5, 0.6) is 0 Å². The number of rotatable bonds is 5. The number of piperidine rings is 1. The maximum absolute atomic E-state index is 12.2. The molecule has 5 heteroatoms. The molecule has 0 atom stereocenters. The summed E-state index contributed by atoms with van der Waals surface area (Å²) in [6.45, 7) is 1.53. The van der Waals surface area contributed by atoms with E-state index in [4.69, 9.17) is 4.42 Å². The van der Waals surface area contributed by atoms with Crippen LogP contribution in [0.2, 0.25) is 0 Å². The highest BCUT2D eigenvalue weighted by Gasteiger charge is 2.23. The van der Waals surface area contributed by atoms with E-state index in [1.807, 2.05) is 11.0 Å². The second kappa shape index (κ2) is 7.81. The Labute approximate surface area is 141 Å². The van der Waals surface area contributed by atoms with Crippen LogP contribution in [0, 0.1) is 5.92 Å². The second-order valence-electron chi connectivity index (χ2n) is 6.17. The number of likely N-dealkylation sites (tertiary alicyclic amines) is 1. The highest BCUT2D eigenvalue weighted by Crippen LogP contribution is 2.21. The summed E-state index contributed by atoms with van der Waals surface area (Å²) in [6, 6.07) is 13.7. The smallest absolute Gasteiger partial charge is 0.287 e. The van der Waals surface area contributed by atoms with Crippen LogP contribution >= 0.6 is 0 Å². The Hall–Kier alpha value is -2.56. The highest BCUT2D eigenvalue weighted by molar-refractivity contribution is 5.94. The number of hydrogen-bond donors (Lipinski definition) is 1. The Balaban J connectivity index is 1.41. The van der Waals surface area contributed by atoms with E-state index in [0.717, 1.165) is 32.4 Å². The fraction of sp³-hybridized carbons (Fsp3) is 0.368. The molecule has 1 aliphatic rings. The van der Waals surface area contributed by atoms with E-state index in [1.165, 1.54) is 11.8 Å². The van der Waals surface area contributed by atoms with Gasteiger partial charge in [0.2, 0.25) is 5.91 Å². The predicted molar refractivity (Wildman–Crippen MR) is 90.5 cm³/mol. The van der Waals surface area contributed by atoms with Gasteiger partial charge in [-0.25, -0.2) is 0 Å². The van der Waals surface area contributed by atoms with Crippen molar-refractivity contribution in [2.24, 2.45) is 5.92 Å². The third-order valence-electron chi connectivity index (χ3n) is 4.48. The van der Waals surface area contributed by atoms with Crippen molar-refractivity contribution in [3.8, 4) is 0 Å². The first-order valence-corrected chi connectivity index (χ1v) is 8.36. The van der Waals surface area contributed by atoms with E-state index in [1.54, 1.807) is 12.1 Å². The molecular weight excluding hydrogens is 304 g/mol. The maximum atomic E-state index is 12.2. The molecule has 1 aromatic heterocycles. The first-order chi connectivity index (χ1) is 11.7. The van der Waals surface area contributed by atoms with Gasteiger partial charge in [0.15, 0.2) is 5.76 Å². The number of nitrogens with one attached hydrogen (secondary N) is 1. The number of nitrogens with zero attached hydrogens (tertiary/aromatic N) is 1. The molecule has 2 heterocycles. The van der Waals surface area contributed by atoms with Gasteiger partial charge < -0.3 is 14.6 Å². The minimum atomic E-state index is -0.354. The van der Waals surface area contributed by atoms with Gasteiger partial charge in [0.25, 0.3) is 5.91 Å². The number of amides is 2. The molecule has 126 valence electrons. The van der Waals surface area contributed by atoms with Crippen molar-refractivity contribution in [3.05, 3.63) is 60.1 Å². The molecule has 1 aliphatic heterocycles. The van der Waals surface area contributed by atoms with Gasteiger partial charge in [-0.1, -0.05) is 30.3 Å². The minimum absolute atomic E-state index is 0.0168. The van der Waals surface area contributed by atoms with E-state index < -0.39 is 0 Å². The van der Waals surface area contributed by atoms with Crippen LogP contribution in [0.15, 0.2) is 53.1 Å². The van der Waals surface area contributed by atoms with E-state index in [2.05, 4.69) is 29.6 Å². The average Bonchev–Trinajstić information content (AvgIpc) is 3.16. The topological polar surface area (TPSA) is 62.6 Å². The van der Waals surface area contributed by atoms with Crippen LogP contribution in [0.4, 0.5) is 0 Å². The van der Waals surface area contributed by atoms with Crippen LogP contribution in [0.3, 0.4) is 0 Å². The molecule has 0 aliphatic carbocycles. The zero-order chi connectivity index (χ0) is 16.8. The fourth-order valence-corrected chi connectivity index (χ4v) is 3.10. The van der Waals surface area contributed by atoms with Gasteiger partial charge in [-0.2, -0.15) is 0 Å². The lowest BCUT2D eigenvalue weighted by atomic mass is 9.90. The van der Waals surface area contributed by atoms with Crippen LogP contribution in [0.1, 0.15) is 29.0 Å². The number of carbonyl (C=O) groups is 2. The third-order valence-corrected chi connectivity index (χ3v) is 4.48. The van der Waals surface area contributed by atoms with Crippen molar-refractivity contribution < 1.29 is 14.0 Å². The van der Waals surface area contributed by atoms with E-state index in [-0.39, 0.29) is 24.1 Å². The molecule has 0 bridgehead atoms. The van der Waals surface area contributed by atoms with Crippen LogP contribution in [-0.2, 0) is 11.2 Å². The molecule has 2 aromatic rings. The normalized spacial score (nSPS) is 15.2. The van der Waals surface area contributed by atoms with E-state index in [0.29, 0.717) is 5.92 Å². The van der Waals surface area contributed by atoms with Crippen molar-refractivity contribution >= 4 is 11.8 Å². The lowest BCUT2D eigenvalue weighted by molar-refractivity contribution is -0.131. The number of hydrogen-bond acceptors (Lipinski definition) is 3. The largest absolute Gasteiger partial charge is 0.459 e. The van der Waals surface area contributed by atoms with E-state index in [9.17, 15) is 9.59 Å². The van der Waals surface area contributed by atoms with E-state index >= 15 is 0 Å². The molecule has 0 unspecified atom stereocenters. The van der Waals surface area contributed by atoms with Gasteiger partial charge in [-0.15, -0.1) is 0 Å². The zero-order valence-corrected chi connectivity index (χ0v) is 13.6. The third kappa shape index (κ3) is 4.25. The maximum Gasteiger partial charge on any atom is 0.287 e. The molecule has 1 saturated heterocycles. The summed E-state index contributed by atoms with van der Waals surface area (Å²) >= 11 is 0. The number of benzene rings is 1. The Morgan fingerprint density at radius 3 is 2.50 bits per heavy atom. The van der Waals surface area contributed by atoms with Crippen molar-refractivity contribution in [1.82, 2.24) is 10.2 Å². The van der Waals surface area contributed by atoms with Crippen molar-refractivity contribution in [3.63, 3.8) is 0 Å². The van der Waals surface area contributed by atoms with Crippen LogP contribution in [-0.4, -0.2) is 36.3 Å². The summed E-state index contributed by atoms with van der Waals surface area (Å²) in [5, 5.41) is 2.61.